The van der Waals surface area contributed by atoms with Gasteiger partial charge in [0.2, 0.25) is 15.9 Å². The Morgan fingerprint density at radius 2 is 2.00 bits per heavy atom. The van der Waals surface area contributed by atoms with Crippen LogP contribution in [0.2, 0.25) is 0 Å². The van der Waals surface area contributed by atoms with Crippen molar-refractivity contribution < 1.29 is 17.9 Å². The lowest BCUT2D eigenvalue weighted by atomic mass is 10.1. The molecule has 0 atom stereocenters. The predicted octanol–water partition coefficient (Wildman–Crippen LogP) is 1.12. The highest BCUT2D eigenvalue weighted by Gasteiger charge is 2.23. The van der Waals surface area contributed by atoms with Crippen molar-refractivity contribution in [1.82, 2.24) is 9.21 Å². The van der Waals surface area contributed by atoms with Crippen LogP contribution in [0.1, 0.15) is 18.4 Å². The zero-order valence-corrected chi connectivity index (χ0v) is 14.5. The SMILES string of the molecule is COc1cccc(CCC(=O)N2CCCN(S(C)(=O)=O)CC2)c1. The summed E-state index contributed by atoms with van der Waals surface area (Å²) in [4.78, 5) is 14.1. The van der Waals surface area contributed by atoms with Crippen molar-refractivity contribution >= 4 is 15.9 Å². The fourth-order valence-corrected chi connectivity index (χ4v) is 3.59. The van der Waals surface area contributed by atoms with E-state index in [1.807, 2.05) is 24.3 Å². The number of rotatable bonds is 5. The standard InChI is InChI=1S/C16H24N2O4S/c1-22-15-6-3-5-14(13-15)7-8-16(19)17-9-4-10-18(12-11-17)23(2,20)21/h3,5-6,13H,4,7-12H2,1-2H3. The molecule has 1 aliphatic rings. The summed E-state index contributed by atoms with van der Waals surface area (Å²) in [6.07, 6.45) is 2.97. The third-order valence-corrected chi connectivity index (χ3v) is 5.34. The summed E-state index contributed by atoms with van der Waals surface area (Å²) in [7, 11) is -1.56. The van der Waals surface area contributed by atoms with Crippen molar-refractivity contribution in [2.24, 2.45) is 0 Å². The van der Waals surface area contributed by atoms with Gasteiger partial charge in [-0.2, -0.15) is 0 Å². The summed E-state index contributed by atoms with van der Waals surface area (Å²) < 4.78 is 29.8. The lowest BCUT2D eigenvalue weighted by Crippen LogP contribution is -2.37. The van der Waals surface area contributed by atoms with Crippen LogP contribution in [-0.4, -0.2) is 63.1 Å². The molecule has 0 aromatic heterocycles. The molecule has 1 fully saturated rings. The van der Waals surface area contributed by atoms with E-state index in [9.17, 15) is 13.2 Å². The molecule has 7 heteroatoms. The number of carbonyl (C=O) groups excluding carboxylic acids is 1. The molecule has 1 heterocycles. The van der Waals surface area contributed by atoms with E-state index in [-0.39, 0.29) is 5.91 Å². The zero-order chi connectivity index (χ0) is 16.9. The van der Waals surface area contributed by atoms with E-state index >= 15 is 0 Å². The molecule has 6 nitrogen and oxygen atoms in total. The van der Waals surface area contributed by atoms with Crippen molar-refractivity contribution in [3.05, 3.63) is 29.8 Å². The number of hydrogen-bond acceptors (Lipinski definition) is 4. The maximum atomic E-state index is 12.4. The van der Waals surface area contributed by atoms with Gasteiger partial charge in [-0.25, -0.2) is 12.7 Å². The first kappa shape index (κ1) is 17.7. The normalized spacial score (nSPS) is 16.9. The van der Waals surface area contributed by atoms with E-state index in [0.717, 1.165) is 11.3 Å². The minimum Gasteiger partial charge on any atom is -0.497 e. The largest absolute Gasteiger partial charge is 0.497 e. The average Bonchev–Trinajstić information content (AvgIpc) is 2.78. The number of amides is 1. The molecule has 0 saturated carbocycles. The molecule has 0 radical (unpaired) electrons. The van der Waals surface area contributed by atoms with Crippen LogP contribution in [0.4, 0.5) is 0 Å². The third kappa shape index (κ3) is 5.21. The molecule has 0 unspecified atom stereocenters. The van der Waals surface area contributed by atoms with Crippen LogP contribution in [0.5, 0.6) is 5.75 Å². The molecular weight excluding hydrogens is 316 g/mol. The minimum atomic E-state index is -3.18. The number of sulfonamides is 1. The molecule has 0 spiro atoms. The van der Waals surface area contributed by atoms with Crippen LogP contribution in [-0.2, 0) is 21.2 Å². The molecule has 1 saturated heterocycles. The highest BCUT2D eigenvalue weighted by molar-refractivity contribution is 7.88. The minimum absolute atomic E-state index is 0.0724. The van der Waals surface area contributed by atoms with Gasteiger partial charge in [0.1, 0.15) is 5.75 Å². The number of hydrogen-bond donors (Lipinski definition) is 0. The summed E-state index contributed by atoms with van der Waals surface area (Å²) >= 11 is 0. The van der Waals surface area contributed by atoms with Crippen molar-refractivity contribution in [1.29, 1.82) is 0 Å². The Kier molecular flexibility index (Phi) is 6.01. The Bertz CT molecular complexity index is 645. The van der Waals surface area contributed by atoms with Crippen LogP contribution in [0.25, 0.3) is 0 Å². The van der Waals surface area contributed by atoms with Crippen molar-refractivity contribution in [3.63, 3.8) is 0 Å². The molecular formula is C16H24N2O4S. The summed E-state index contributed by atoms with van der Waals surface area (Å²) in [5.41, 5.74) is 1.06. The fraction of sp³-hybridized carbons (Fsp3) is 0.562. The molecule has 0 bridgehead atoms. The molecule has 1 amide bonds. The molecule has 2 rings (SSSR count). The summed E-state index contributed by atoms with van der Waals surface area (Å²) in [5, 5.41) is 0. The van der Waals surface area contributed by atoms with Gasteiger partial charge in [-0.3, -0.25) is 4.79 Å². The smallest absolute Gasteiger partial charge is 0.222 e. The molecule has 1 aliphatic heterocycles. The zero-order valence-electron chi connectivity index (χ0n) is 13.7. The number of methoxy groups -OCH3 is 1. The van der Waals surface area contributed by atoms with E-state index < -0.39 is 10.0 Å². The predicted molar refractivity (Wildman–Crippen MR) is 88.9 cm³/mol. The Hall–Kier alpha value is -1.60. The lowest BCUT2D eigenvalue weighted by Gasteiger charge is -2.21. The van der Waals surface area contributed by atoms with Gasteiger partial charge in [-0.1, -0.05) is 12.1 Å². The molecule has 1 aromatic carbocycles. The number of nitrogens with zero attached hydrogens (tertiary/aromatic N) is 2. The Morgan fingerprint density at radius 3 is 2.70 bits per heavy atom. The van der Waals surface area contributed by atoms with Crippen molar-refractivity contribution in [3.8, 4) is 5.75 Å². The molecule has 0 N–H and O–H groups in total. The summed E-state index contributed by atoms with van der Waals surface area (Å²) in [6, 6.07) is 7.69. The maximum absolute atomic E-state index is 12.4. The van der Waals surface area contributed by atoms with Crippen molar-refractivity contribution in [2.45, 2.75) is 19.3 Å². The van der Waals surface area contributed by atoms with Gasteiger partial charge in [0.25, 0.3) is 0 Å². The van der Waals surface area contributed by atoms with Gasteiger partial charge >= 0.3 is 0 Å². The van der Waals surface area contributed by atoms with Crippen LogP contribution < -0.4 is 4.74 Å². The maximum Gasteiger partial charge on any atom is 0.222 e. The monoisotopic (exact) mass is 340 g/mol. The number of benzene rings is 1. The van der Waals surface area contributed by atoms with E-state index in [2.05, 4.69) is 0 Å². The Balaban J connectivity index is 1.88. The Morgan fingerprint density at radius 1 is 1.22 bits per heavy atom. The highest BCUT2D eigenvalue weighted by Crippen LogP contribution is 2.15. The van der Waals surface area contributed by atoms with Crippen LogP contribution in [0, 0.1) is 0 Å². The van der Waals surface area contributed by atoms with E-state index in [4.69, 9.17) is 4.74 Å². The number of aryl methyl sites for hydroxylation is 1. The van der Waals surface area contributed by atoms with Gasteiger partial charge in [0, 0.05) is 32.6 Å². The van der Waals surface area contributed by atoms with Gasteiger partial charge in [0.05, 0.1) is 13.4 Å². The third-order valence-electron chi connectivity index (χ3n) is 4.04. The van der Waals surface area contributed by atoms with E-state index in [1.165, 1.54) is 10.6 Å². The lowest BCUT2D eigenvalue weighted by molar-refractivity contribution is -0.131. The van der Waals surface area contributed by atoms with Gasteiger partial charge in [-0.05, 0) is 30.5 Å². The molecule has 1 aromatic rings. The van der Waals surface area contributed by atoms with Gasteiger partial charge < -0.3 is 9.64 Å². The second-order valence-electron chi connectivity index (χ2n) is 5.75. The van der Waals surface area contributed by atoms with Crippen LogP contribution in [0.15, 0.2) is 24.3 Å². The highest BCUT2D eigenvalue weighted by atomic mass is 32.2. The first-order chi connectivity index (χ1) is 10.9. The van der Waals surface area contributed by atoms with E-state index in [0.29, 0.717) is 45.4 Å². The second-order valence-corrected chi connectivity index (χ2v) is 7.73. The van der Waals surface area contributed by atoms with Crippen molar-refractivity contribution in [2.75, 3.05) is 39.5 Å². The average molecular weight is 340 g/mol. The summed E-state index contributed by atoms with van der Waals surface area (Å²) in [6.45, 7) is 1.94. The first-order valence-electron chi connectivity index (χ1n) is 7.76. The summed E-state index contributed by atoms with van der Waals surface area (Å²) in [5.74, 6) is 0.858. The van der Waals surface area contributed by atoms with Gasteiger partial charge in [-0.15, -0.1) is 0 Å². The number of carbonyl (C=O) groups is 1. The topological polar surface area (TPSA) is 66.9 Å². The first-order valence-corrected chi connectivity index (χ1v) is 9.61. The van der Waals surface area contributed by atoms with Crippen LogP contribution >= 0.6 is 0 Å². The van der Waals surface area contributed by atoms with E-state index in [1.54, 1.807) is 12.0 Å². The van der Waals surface area contributed by atoms with Crippen LogP contribution in [0.3, 0.4) is 0 Å². The Labute approximate surface area is 138 Å². The van der Waals surface area contributed by atoms with Gasteiger partial charge in [0.15, 0.2) is 0 Å². The molecule has 23 heavy (non-hydrogen) atoms. The quantitative estimate of drug-likeness (QED) is 0.806. The molecule has 128 valence electrons. The number of ether oxygens (including phenoxy) is 1. The second kappa shape index (κ2) is 7.79. The fourth-order valence-electron chi connectivity index (χ4n) is 2.71. The molecule has 0 aliphatic carbocycles.